The smallest absolute Gasteiger partial charge is 0.328 e. The molecule has 0 bridgehead atoms. The Morgan fingerprint density at radius 1 is 1.15 bits per heavy atom. The van der Waals surface area contributed by atoms with Gasteiger partial charge in [0.05, 0.1) is 25.2 Å². The van der Waals surface area contributed by atoms with Gasteiger partial charge in [-0.1, -0.05) is 30.3 Å². The van der Waals surface area contributed by atoms with Crippen LogP contribution in [0, 0.1) is 10.1 Å². The largest absolute Gasteiger partial charge is 0.495 e. The van der Waals surface area contributed by atoms with Crippen LogP contribution in [0.25, 0.3) is 0 Å². The van der Waals surface area contributed by atoms with Gasteiger partial charge >= 0.3 is 5.97 Å². The topological polar surface area (TPSA) is 125 Å². The highest BCUT2D eigenvalue weighted by molar-refractivity contribution is 7.89. The number of nitrogens with zero attached hydrogens (tertiary/aromatic N) is 1. The minimum Gasteiger partial charge on any atom is -0.495 e. The molecule has 0 heterocycles. The lowest BCUT2D eigenvalue weighted by Crippen LogP contribution is -2.34. The molecular formula is C16H16N2O7S. The minimum absolute atomic E-state index is 0.219. The SMILES string of the molecule is COC(=O)C(NS(=O)(=O)c1ccc([N+](=O)[O-])cc1OC)c1ccccc1. The zero-order chi connectivity index (χ0) is 19.3. The van der Waals surface area contributed by atoms with Crippen molar-refractivity contribution in [1.82, 2.24) is 4.72 Å². The summed E-state index contributed by atoms with van der Waals surface area (Å²) in [7, 11) is -1.92. The van der Waals surface area contributed by atoms with Crippen molar-refractivity contribution in [3.63, 3.8) is 0 Å². The predicted molar refractivity (Wildman–Crippen MR) is 91.2 cm³/mol. The third-order valence-electron chi connectivity index (χ3n) is 3.49. The number of hydrogen-bond donors (Lipinski definition) is 1. The number of sulfonamides is 1. The summed E-state index contributed by atoms with van der Waals surface area (Å²) in [4.78, 5) is 21.9. The fourth-order valence-electron chi connectivity index (χ4n) is 2.23. The van der Waals surface area contributed by atoms with E-state index in [-0.39, 0.29) is 16.3 Å². The first kappa shape index (κ1) is 19.3. The van der Waals surface area contributed by atoms with Gasteiger partial charge < -0.3 is 9.47 Å². The molecule has 0 aliphatic heterocycles. The number of esters is 1. The number of carbonyl (C=O) groups is 1. The molecule has 1 unspecified atom stereocenters. The van der Waals surface area contributed by atoms with Crippen molar-refractivity contribution in [2.45, 2.75) is 10.9 Å². The van der Waals surface area contributed by atoms with Crippen LogP contribution in [0.15, 0.2) is 53.4 Å². The lowest BCUT2D eigenvalue weighted by molar-refractivity contribution is -0.385. The Hall–Kier alpha value is -2.98. The standard InChI is InChI=1S/C16H16N2O7S/c1-24-13-10-12(18(20)21)8-9-14(13)26(22,23)17-15(16(19)25-2)11-6-4-3-5-7-11/h3-10,15,17H,1-2H3. The highest BCUT2D eigenvalue weighted by Crippen LogP contribution is 2.29. The Labute approximate surface area is 149 Å². The van der Waals surface area contributed by atoms with E-state index in [1.807, 2.05) is 0 Å². The molecule has 138 valence electrons. The molecule has 0 radical (unpaired) electrons. The third-order valence-corrected chi connectivity index (χ3v) is 4.95. The zero-order valence-corrected chi connectivity index (χ0v) is 14.7. The van der Waals surface area contributed by atoms with Gasteiger partial charge in [-0.2, -0.15) is 4.72 Å². The molecular weight excluding hydrogens is 364 g/mol. The second kappa shape index (κ2) is 7.93. The van der Waals surface area contributed by atoms with E-state index in [4.69, 9.17) is 4.74 Å². The minimum atomic E-state index is -4.25. The maximum Gasteiger partial charge on any atom is 0.328 e. The number of methoxy groups -OCH3 is 2. The van der Waals surface area contributed by atoms with Crippen molar-refractivity contribution in [2.24, 2.45) is 0 Å². The van der Waals surface area contributed by atoms with Crippen LogP contribution in [-0.4, -0.2) is 33.5 Å². The summed E-state index contributed by atoms with van der Waals surface area (Å²) in [5.74, 6) is -1.02. The average molecular weight is 380 g/mol. The van der Waals surface area contributed by atoms with Crippen molar-refractivity contribution >= 4 is 21.7 Å². The third kappa shape index (κ3) is 4.16. The van der Waals surface area contributed by atoms with Crippen molar-refractivity contribution in [3.8, 4) is 5.75 Å². The first-order valence-corrected chi connectivity index (χ1v) is 8.76. The number of ether oxygens (including phenoxy) is 2. The van der Waals surface area contributed by atoms with Crippen LogP contribution in [0.3, 0.4) is 0 Å². The molecule has 2 aromatic carbocycles. The molecule has 10 heteroatoms. The van der Waals surface area contributed by atoms with Crippen LogP contribution in [0.4, 0.5) is 5.69 Å². The quantitative estimate of drug-likeness (QED) is 0.441. The molecule has 0 aliphatic carbocycles. The predicted octanol–water partition coefficient (Wildman–Crippen LogP) is 1.80. The number of carbonyl (C=O) groups excluding carboxylic acids is 1. The molecule has 0 fully saturated rings. The zero-order valence-electron chi connectivity index (χ0n) is 13.9. The van der Waals surface area contributed by atoms with E-state index in [2.05, 4.69) is 9.46 Å². The average Bonchev–Trinajstić information content (AvgIpc) is 2.65. The maximum absolute atomic E-state index is 12.7. The number of nitro benzene ring substituents is 1. The summed E-state index contributed by atoms with van der Waals surface area (Å²) < 4.78 is 37.3. The van der Waals surface area contributed by atoms with Gasteiger partial charge in [0.25, 0.3) is 5.69 Å². The van der Waals surface area contributed by atoms with Crippen molar-refractivity contribution < 1.29 is 27.6 Å². The molecule has 0 amide bonds. The summed E-state index contributed by atoms with van der Waals surface area (Å²) in [6, 6.07) is 9.92. The van der Waals surface area contributed by atoms with Crippen LogP contribution in [0.2, 0.25) is 0 Å². The molecule has 2 rings (SSSR count). The van der Waals surface area contributed by atoms with Crippen LogP contribution in [0.5, 0.6) is 5.75 Å². The van der Waals surface area contributed by atoms with E-state index in [9.17, 15) is 23.3 Å². The van der Waals surface area contributed by atoms with Crippen LogP contribution >= 0.6 is 0 Å². The second-order valence-corrected chi connectivity index (χ2v) is 6.76. The van der Waals surface area contributed by atoms with Gasteiger partial charge in [-0.25, -0.2) is 13.2 Å². The molecule has 1 atom stereocenters. The Morgan fingerprint density at radius 2 is 1.81 bits per heavy atom. The van der Waals surface area contributed by atoms with E-state index in [1.165, 1.54) is 7.11 Å². The van der Waals surface area contributed by atoms with Gasteiger partial charge in [0.1, 0.15) is 16.7 Å². The Balaban J connectivity index is 2.45. The normalized spacial score (nSPS) is 12.2. The highest BCUT2D eigenvalue weighted by atomic mass is 32.2. The lowest BCUT2D eigenvalue weighted by atomic mass is 10.1. The Kier molecular flexibility index (Phi) is 5.90. The van der Waals surface area contributed by atoms with E-state index < -0.39 is 27.0 Å². The molecule has 0 saturated heterocycles. The summed E-state index contributed by atoms with van der Waals surface area (Å²) in [6.45, 7) is 0. The van der Waals surface area contributed by atoms with E-state index in [1.54, 1.807) is 30.3 Å². The number of benzene rings is 2. The van der Waals surface area contributed by atoms with Gasteiger partial charge in [-0.3, -0.25) is 10.1 Å². The summed E-state index contributed by atoms with van der Waals surface area (Å²) >= 11 is 0. The van der Waals surface area contributed by atoms with E-state index >= 15 is 0 Å². The summed E-state index contributed by atoms with van der Waals surface area (Å²) in [6.07, 6.45) is 0. The lowest BCUT2D eigenvalue weighted by Gasteiger charge is -2.18. The van der Waals surface area contributed by atoms with Gasteiger partial charge in [0.15, 0.2) is 0 Å². The maximum atomic E-state index is 12.7. The number of non-ortho nitro benzene ring substituents is 1. The summed E-state index contributed by atoms with van der Waals surface area (Å²) in [5, 5.41) is 10.8. The van der Waals surface area contributed by atoms with Crippen molar-refractivity contribution in [1.29, 1.82) is 0 Å². The van der Waals surface area contributed by atoms with Crippen molar-refractivity contribution in [3.05, 3.63) is 64.2 Å². The summed E-state index contributed by atoms with van der Waals surface area (Å²) in [5.41, 5.74) is 0.0529. The van der Waals surface area contributed by atoms with E-state index in [0.717, 1.165) is 25.3 Å². The Bertz CT molecular complexity index is 913. The van der Waals surface area contributed by atoms with Crippen LogP contribution in [-0.2, 0) is 19.6 Å². The highest BCUT2D eigenvalue weighted by Gasteiger charge is 2.30. The van der Waals surface area contributed by atoms with Crippen molar-refractivity contribution in [2.75, 3.05) is 14.2 Å². The fraction of sp³-hybridized carbons (Fsp3) is 0.188. The Morgan fingerprint density at radius 3 is 2.35 bits per heavy atom. The molecule has 0 spiro atoms. The van der Waals surface area contributed by atoms with Crippen LogP contribution in [0.1, 0.15) is 11.6 Å². The monoisotopic (exact) mass is 380 g/mol. The number of hydrogen-bond acceptors (Lipinski definition) is 7. The fourth-order valence-corrected chi connectivity index (χ4v) is 3.55. The molecule has 0 aromatic heterocycles. The molecule has 9 nitrogen and oxygen atoms in total. The molecule has 26 heavy (non-hydrogen) atoms. The van der Waals surface area contributed by atoms with Crippen LogP contribution < -0.4 is 9.46 Å². The number of nitrogens with one attached hydrogen (secondary N) is 1. The van der Waals surface area contributed by atoms with Gasteiger partial charge in [0.2, 0.25) is 10.0 Å². The molecule has 1 N–H and O–H groups in total. The second-order valence-electron chi connectivity index (χ2n) is 5.08. The van der Waals surface area contributed by atoms with E-state index in [0.29, 0.717) is 5.56 Å². The molecule has 2 aromatic rings. The van der Waals surface area contributed by atoms with Gasteiger partial charge in [-0.05, 0) is 11.6 Å². The molecule has 0 aliphatic rings. The first-order chi connectivity index (χ1) is 12.3. The molecule has 0 saturated carbocycles. The van der Waals surface area contributed by atoms with Gasteiger partial charge in [-0.15, -0.1) is 0 Å². The number of rotatable bonds is 7. The first-order valence-electron chi connectivity index (χ1n) is 7.27. The number of nitro groups is 1. The van der Waals surface area contributed by atoms with Gasteiger partial charge in [0, 0.05) is 6.07 Å².